The molecule has 0 unspecified atom stereocenters. The molecule has 2 aliphatic heterocycles. The van der Waals surface area contributed by atoms with Gasteiger partial charge in [0.05, 0.1) is 19.4 Å². The molecule has 154 valence electrons. The lowest BCUT2D eigenvalue weighted by molar-refractivity contribution is -0.132. The first-order valence-electron chi connectivity index (χ1n) is 10.4. The lowest BCUT2D eigenvalue weighted by atomic mass is 10.0. The first-order valence-corrected chi connectivity index (χ1v) is 10.4. The van der Waals surface area contributed by atoms with Crippen LogP contribution in [0.15, 0.2) is 0 Å². The minimum Gasteiger partial charge on any atom is -0.384 e. The van der Waals surface area contributed by atoms with E-state index >= 15 is 0 Å². The summed E-state index contributed by atoms with van der Waals surface area (Å²) < 4.78 is 5.00. The minimum atomic E-state index is 0.126. The van der Waals surface area contributed by atoms with Crippen LogP contribution in [0.25, 0.3) is 0 Å². The van der Waals surface area contributed by atoms with Crippen LogP contribution in [0.2, 0.25) is 0 Å². The zero-order valence-corrected chi connectivity index (χ0v) is 17.4. The molecule has 3 rings (SSSR count). The number of rotatable bonds is 6. The predicted molar refractivity (Wildman–Crippen MR) is 106 cm³/mol. The van der Waals surface area contributed by atoms with E-state index in [-0.39, 0.29) is 17.7 Å². The summed E-state index contributed by atoms with van der Waals surface area (Å²) >= 11 is 0. The van der Waals surface area contributed by atoms with Crippen molar-refractivity contribution in [3.8, 4) is 0 Å². The maximum atomic E-state index is 12.6. The van der Waals surface area contributed by atoms with Crippen molar-refractivity contribution in [2.24, 2.45) is 0 Å². The fourth-order valence-electron chi connectivity index (χ4n) is 4.16. The average Bonchev–Trinajstić information content (AvgIpc) is 3.19. The van der Waals surface area contributed by atoms with E-state index in [0.29, 0.717) is 26.0 Å². The van der Waals surface area contributed by atoms with E-state index < -0.39 is 0 Å². The van der Waals surface area contributed by atoms with Gasteiger partial charge in [-0.3, -0.25) is 9.59 Å². The molecule has 3 heterocycles. The number of ether oxygens (including phenoxy) is 1. The normalized spacial score (nSPS) is 19.9. The van der Waals surface area contributed by atoms with E-state index in [1.165, 1.54) is 6.42 Å². The second kappa shape index (κ2) is 9.45. The maximum Gasteiger partial charge on any atom is 0.227 e. The molecule has 7 heteroatoms. The second-order valence-corrected chi connectivity index (χ2v) is 7.92. The van der Waals surface area contributed by atoms with E-state index in [9.17, 15) is 9.59 Å². The van der Waals surface area contributed by atoms with Crippen LogP contribution in [-0.2, 0) is 20.7 Å². The number of hydrogen-bond donors (Lipinski definition) is 0. The number of amides is 2. The summed E-state index contributed by atoms with van der Waals surface area (Å²) in [4.78, 5) is 38.1. The zero-order chi connectivity index (χ0) is 20.1. The van der Waals surface area contributed by atoms with Crippen LogP contribution in [-0.4, -0.2) is 71.5 Å². The lowest BCUT2D eigenvalue weighted by Crippen LogP contribution is -2.37. The maximum absolute atomic E-state index is 12.6. The number of likely N-dealkylation sites (tertiary alicyclic amines) is 2. The Bertz CT molecular complexity index is 693. The zero-order valence-electron chi connectivity index (χ0n) is 17.4. The van der Waals surface area contributed by atoms with Crippen molar-refractivity contribution in [3.05, 3.63) is 22.8 Å². The number of piperidine rings is 1. The smallest absolute Gasteiger partial charge is 0.227 e. The van der Waals surface area contributed by atoms with Gasteiger partial charge in [0.2, 0.25) is 11.8 Å². The number of aromatic nitrogens is 2. The van der Waals surface area contributed by atoms with Crippen molar-refractivity contribution in [1.82, 2.24) is 19.8 Å². The molecule has 28 heavy (non-hydrogen) atoms. The topological polar surface area (TPSA) is 75.6 Å². The summed E-state index contributed by atoms with van der Waals surface area (Å²) in [5, 5.41) is 0. The molecule has 2 fully saturated rings. The van der Waals surface area contributed by atoms with Crippen molar-refractivity contribution >= 4 is 11.8 Å². The first kappa shape index (κ1) is 20.7. The summed E-state index contributed by atoms with van der Waals surface area (Å²) in [6, 6.07) is 0. The van der Waals surface area contributed by atoms with Crippen molar-refractivity contribution < 1.29 is 14.3 Å². The van der Waals surface area contributed by atoms with Crippen LogP contribution in [0.3, 0.4) is 0 Å². The molecule has 0 aromatic carbocycles. The van der Waals surface area contributed by atoms with Crippen LogP contribution in [0.5, 0.6) is 0 Å². The summed E-state index contributed by atoms with van der Waals surface area (Å²) in [6.45, 7) is 7.52. The van der Waals surface area contributed by atoms with Crippen LogP contribution >= 0.6 is 0 Å². The SMILES string of the molecule is COCCC(=O)N1CC[C@H](c2nc(C)c(CC(=O)N3CCCCC3)c(C)n2)C1. The number of carbonyl (C=O) groups excluding carboxylic acids is 2. The molecule has 0 aliphatic carbocycles. The highest BCUT2D eigenvalue weighted by Gasteiger charge is 2.30. The average molecular weight is 389 g/mol. The van der Waals surface area contributed by atoms with E-state index in [1.807, 2.05) is 23.6 Å². The molecule has 0 spiro atoms. The minimum absolute atomic E-state index is 0.126. The fourth-order valence-corrected chi connectivity index (χ4v) is 4.16. The molecule has 2 aliphatic rings. The Balaban J connectivity index is 1.65. The molecular formula is C21H32N4O3. The number of methoxy groups -OCH3 is 1. The van der Waals surface area contributed by atoms with Gasteiger partial charge in [-0.25, -0.2) is 9.97 Å². The molecule has 0 radical (unpaired) electrons. The third kappa shape index (κ3) is 4.87. The fraction of sp³-hybridized carbons (Fsp3) is 0.714. The predicted octanol–water partition coefficient (Wildman–Crippen LogP) is 2.00. The number of nitrogens with zero attached hydrogens (tertiary/aromatic N) is 4. The van der Waals surface area contributed by atoms with Crippen LogP contribution in [0, 0.1) is 13.8 Å². The van der Waals surface area contributed by atoms with Gasteiger partial charge in [-0.15, -0.1) is 0 Å². The third-order valence-corrected chi connectivity index (χ3v) is 5.90. The molecule has 0 bridgehead atoms. The van der Waals surface area contributed by atoms with Crippen molar-refractivity contribution in [2.75, 3.05) is 39.9 Å². The van der Waals surface area contributed by atoms with Gasteiger partial charge in [0.15, 0.2) is 0 Å². The lowest BCUT2D eigenvalue weighted by Gasteiger charge is -2.27. The Labute approximate surface area is 167 Å². The molecular weight excluding hydrogens is 356 g/mol. The Morgan fingerprint density at radius 2 is 1.68 bits per heavy atom. The van der Waals surface area contributed by atoms with Gasteiger partial charge in [-0.1, -0.05) is 0 Å². The highest BCUT2D eigenvalue weighted by molar-refractivity contribution is 5.79. The van der Waals surface area contributed by atoms with Gasteiger partial charge in [-0.05, 0) is 39.5 Å². The van der Waals surface area contributed by atoms with Crippen LogP contribution < -0.4 is 0 Å². The van der Waals surface area contributed by atoms with Gasteiger partial charge >= 0.3 is 0 Å². The van der Waals surface area contributed by atoms with Crippen molar-refractivity contribution in [3.63, 3.8) is 0 Å². The summed E-state index contributed by atoms with van der Waals surface area (Å²) in [5.74, 6) is 1.27. The van der Waals surface area contributed by atoms with E-state index in [0.717, 1.165) is 61.7 Å². The third-order valence-electron chi connectivity index (χ3n) is 5.90. The highest BCUT2D eigenvalue weighted by atomic mass is 16.5. The Morgan fingerprint density at radius 1 is 1.00 bits per heavy atom. The van der Waals surface area contributed by atoms with E-state index in [2.05, 4.69) is 0 Å². The summed E-state index contributed by atoms with van der Waals surface area (Å²) in [5.41, 5.74) is 2.72. The Kier molecular flexibility index (Phi) is 6.99. The van der Waals surface area contributed by atoms with Gasteiger partial charge in [0.1, 0.15) is 5.82 Å². The number of aryl methyl sites for hydroxylation is 2. The second-order valence-electron chi connectivity index (χ2n) is 7.92. The van der Waals surface area contributed by atoms with Crippen LogP contribution in [0.1, 0.15) is 60.8 Å². The van der Waals surface area contributed by atoms with Gasteiger partial charge in [0.25, 0.3) is 0 Å². The quantitative estimate of drug-likeness (QED) is 0.745. The Hall–Kier alpha value is -2.02. The number of carbonyl (C=O) groups is 2. The molecule has 7 nitrogen and oxygen atoms in total. The summed E-state index contributed by atoms with van der Waals surface area (Å²) in [7, 11) is 1.61. The molecule has 0 saturated carbocycles. The van der Waals surface area contributed by atoms with Crippen molar-refractivity contribution in [1.29, 1.82) is 0 Å². The number of hydrogen-bond acceptors (Lipinski definition) is 5. The molecule has 1 aromatic rings. The van der Waals surface area contributed by atoms with Gasteiger partial charge in [-0.2, -0.15) is 0 Å². The van der Waals surface area contributed by atoms with Crippen molar-refractivity contribution in [2.45, 2.75) is 58.3 Å². The van der Waals surface area contributed by atoms with E-state index in [1.54, 1.807) is 7.11 Å². The molecule has 1 atom stereocenters. The molecule has 2 saturated heterocycles. The summed E-state index contributed by atoms with van der Waals surface area (Å²) in [6.07, 6.45) is 5.08. The molecule has 1 aromatic heterocycles. The Morgan fingerprint density at radius 3 is 2.32 bits per heavy atom. The standard InChI is InChI=1S/C21H32N4O3/c1-15-18(13-20(27)24-9-5-4-6-10-24)16(2)23-21(22-15)17-7-11-25(14-17)19(26)8-12-28-3/h17H,4-14H2,1-3H3/t17-/m0/s1. The molecule has 2 amide bonds. The van der Waals surface area contributed by atoms with Gasteiger partial charge < -0.3 is 14.5 Å². The highest BCUT2D eigenvalue weighted by Crippen LogP contribution is 2.27. The first-order chi connectivity index (χ1) is 13.5. The molecule has 0 N–H and O–H groups in total. The van der Waals surface area contributed by atoms with Gasteiger partial charge in [0, 0.05) is 56.2 Å². The van der Waals surface area contributed by atoms with Crippen LogP contribution in [0.4, 0.5) is 0 Å². The monoisotopic (exact) mass is 388 g/mol. The van der Waals surface area contributed by atoms with E-state index in [4.69, 9.17) is 14.7 Å². The largest absolute Gasteiger partial charge is 0.384 e.